The van der Waals surface area contributed by atoms with E-state index in [0.29, 0.717) is 13.0 Å². The van der Waals surface area contributed by atoms with Gasteiger partial charge in [0, 0.05) is 13.5 Å². The van der Waals surface area contributed by atoms with Gasteiger partial charge in [-0.1, -0.05) is 44.5 Å². The first-order valence-corrected chi connectivity index (χ1v) is 9.02. The maximum atomic E-state index is 12.6. The third kappa shape index (κ3) is 4.41. The summed E-state index contributed by atoms with van der Waals surface area (Å²) in [7, 11) is 1.64. The molecule has 0 aliphatic rings. The Morgan fingerprint density at radius 1 is 1.23 bits per heavy atom. The molecule has 0 aromatic heterocycles. The van der Waals surface area contributed by atoms with Gasteiger partial charge < -0.3 is 10.5 Å². The van der Waals surface area contributed by atoms with E-state index >= 15 is 0 Å². The molecule has 2 rings (SSSR count). The minimum absolute atomic E-state index is 0.0335. The maximum Gasteiger partial charge on any atom is 0.246 e. The summed E-state index contributed by atoms with van der Waals surface area (Å²) in [6.07, 6.45) is 1.37. The molecule has 2 amide bonds. The van der Waals surface area contributed by atoms with Crippen molar-refractivity contribution in [1.82, 2.24) is 4.90 Å². The number of hydrogen-bond donors (Lipinski definition) is 1. The number of hydrogen-bond acceptors (Lipinski definition) is 4. The van der Waals surface area contributed by atoms with Crippen LogP contribution in [-0.2, 0) is 16.0 Å². The monoisotopic (exact) mass is 356 g/mol. The number of carbonyl (C=O) groups is 2. The highest BCUT2D eigenvalue weighted by Crippen LogP contribution is 2.24. The summed E-state index contributed by atoms with van der Waals surface area (Å²) < 4.78 is 5.31. The second-order valence-electron chi connectivity index (χ2n) is 6.67. The van der Waals surface area contributed by atoms with Crippen molar-refractivity contribution in [3.63, 3.8) is 0 Å². The van der Waals surface area contributed by atoms with Crippen molar-refractivity contribution in [2.75, 3.05) is 13.7 Å². The van der Waals surface area contributed by atoms with Crippen molar-refractivity contribution < 1.29 is 14.3 Å². The molecule has 2 aromatic carbocycles. The third-order valence-electron chi connectivity index (χ3n) is 4.97. The molecule has 0 radical (unpaired) electrons. The van der Waals surface area contributed by atoms with Crippen LogP contribution in [0.5, 0.6) is 5.75 Å². The fraction of sp³-hybridized carbons (Fsp3) is 0.429. The normalized spacial score (nSPS) is 13.3. The van der Waals surface area contributed by atoms with Crippen molar-refractivity contribution in [2.45, 2.75) is 39.7 Å². The van der Waals surface area contributed by atoms with Gasteiger partial charge in [-0.15, -0.1) is 0 Å². The average Bonchev–Trinajstić information content (AvgIpc) is 2.66. The molecule has 0 spiro atoms. The fourth-order valence-electron chi connectivity index (χ4n) is 2.99. The predicted octanol–water partition coefficient (Wildman–Crippen LogP) is 3.14. The van der Waals surface area contributed by atoms with Crippen molar-refractivity contribution >= 4 is 22.6 Å². The van der Waals surface area contributed by atoms with Crippen LogP contribution in [0.25, 0.3) is 10.8 Å². The summed E-state index contributed by atoms with van der Waals surface area (Å²) in [4.78, 5) is 25.9. The molecule has 0 aliphatic heterocycles. The van der Waals surface area contributed by atoms with Gasteiger partial charge in [0.15, 0.2) is 0 Å². The highest BCUT2D eigenvalue weighted by Gasteiger charge is 2.27. The van der Waals surface area contributed by atoms with Crippen LogP contribution in [0.3, 0.4) is 0 Å². The Morgan fingerprint density at radius 3 is 2.58 bits per heavy atom. The molecule has 0 saturated heterocycles. The van der Waals surface area contributed by atoms with E-state index in [1.807, 2.05) is 50.2 Å². The maximum absolute atomic E-state index is 12.6. The number of carbonyl (C=O) groups excluding carboxylic acids is 2. The van der Waals surface area contributed by atoms with Gasteiger partial charge in [-0.05, 0) is 40.8 Å². The second-order valence-corrected chi connectivity index (χ2v) is 6.67. The lowest BCUT2D eigenvalue weighted by atomic mass is 9.98. The molecule has 0 fully saturated rings. The molecule has 2 N–H and O–H groups in total. The molecule has 5 nitrogen and oxygen atoms in total. The molecule has 5 heteroatoms. The van der Waals surface area contributed by atoms with Gasteiger partial charge in [0.25, 0.3) is 0 Å². The van der Waals surface area contributed by atoms with E-state index in [1.54, 1.807) is 7.11 Å². The Hall–Kier alpha value is -2.40. The van der Waals surface area contributed by atoms with E-state index in [-0.39, 0.29) is 17.7 Å². The van der Waals surface area contributed by atoms with E-state index in [9.17, 15) is 9.59 Å². The van der Waals surface area contributed by atoms with Crippen LogP contribution in [0.4, 0.5) is 0 Å². The molecule has 26 heavy (non-hydrogen) atoms. The molecule has 0 bridgehead atoms. The van der Waals surface area contributed by atoms with Gasteiger partial charge >= 0.3 is 0 Å². The van der Waals surface area contributed by atoms with Crippen molar-refractivity contribution in [2.24, 2.45) is 11.7 Å². The summed E-state index contributed by atoms with van der Waals surface area (Å²) in [5.74, 6) is 0.241. The number of fused-ring (bicyclic) bond motifs is 1. The fourth-order valence-corrected chi connectivity index (χ4v) is 2.99. The van der Waals surface area contributed by atoms with Crippen LogP contribution in [-0.4, -0.2) is 36.4 Å². The quantitative estimate of drug-likeness (QED) is 0.827. The van der Waals surface area contributed by atoms with Gasteiger partial charge in [0.1, 0.15) is 5.75 Å². The highest BCUT2D eigenvalue weighted by molar-refractivity contribution is 5.97. The largest absolute Gasteiger partial charge is 0.497 e. The Kier molecular flexibility index (Phi) is 6.75. The lowest BCUT2D eigenvalue weighted by Gasteiger charge is -2.26. The number of amides is 2. The molecule has 0 heterocycles. The molecule has 2 aromatic rings. The van der Waals surface area contributed by atoms with Crippen LogP contribution in [0.2, 0.25) is 0 Å². The standard InChI is InChI=1S/C21H28N2O3/c1-5-14(2)20(22)21(25)23(15(3)24)12-11-17-8-6-7-16-9-10-18(26-4)13-19(16)17/h6-10,13-14,20H,5,11-12,22H2,1-4H3. The molecule has 0 saturated carbocycles. The van der Waals surface area contributed by atoms with Gasteiger partial charge in [0.05, 0.1) is 13.2 Å². The summed E-state index contributed by atoms with van der Waals surface area (Å²) in [6.45, 7) is 5.64. The zero-order valence-electron chi connectivity index (χ0n) is 16.0. The Bertz CT molecular complexity index is 788. The smallest absolute Gasteiger partial charge is 0.246 e. The number of nitrogens with zero attached hydrogens (tertiary/aromatic N) is 1. The van der Waals surface area contributed by atoms with Crippen LogP contribution in [0.15, 0.2) is 36.4 Å². The molecule has 2 unspecified atom stereocenters. The molecular formula is C21H28N2O3. The van der Waals surface area contributed by atoms with Crippen molar-refractivity contribution in [3.8, 4) is 5.75 Å². The van der Waals surface area contributed by atoms with E-state index in [2.05, 4.69) is 0 Å². The predicted molar refractivity (Wildman–Crippen MR) is 104 cm³/mol. The van der Waals surface area contributed by atoms with Gasteiger partial charge in [-0.2, -0.15) is 0 Å². The zero-order valence-corrected chi connectivity index (χ0v) is 16.0. The van der Waals surface area contributed by atoms with E-state index in [0.717, 1.165) is 28.5 Å². The Balaban J connectivity index is 2.23. The first-order valence-electron chi connectivity index (χ1n) is 9.02. The number of rotatable bonds is 7. The van der Waals surface area contributed by atoms with Crippen molar-refractivity contribution in [1.29, 1.82) is 0 Å². The summed E-state index contributed by atoms with van der Waals surface area (Å²) >= 11 is 0. The van der Waals surface area contributed by atoms with Gasteiger partial charge in [0.2, 0.25) is 11.8 Å². The van der Waals surface area contributed by atoms with Crippen LogP contribution >= 0.6 is 0 Å². The van der Waals surface area contributed by atoms with Crippen LogP contribution in [0, 0.1) is 5.92 Å². The molecule has 140 valence electrons. The number of methoxy groups -OCH3 is 1. The first-order chi connectivity index (χ1) is 12.4. The average molecular weight is 356 g/mol. The van der Waals surface area contributed by atoms with Crippen LogP contribution in [0.1, 0.15) is 32.8 Å². The summed E-state index contributed by atoms with van der Waals surface area (Å²) in [5.41, 5.74) is 7.11. The number of imide groups is 1. The van der Waals surface area contributed by atoms with E-state index in [1.165, 1.54) is 11.8 Å². The number of benzene rings is 2. The lowest BCUT2D eigenvalue weighted by molar-refractivity contribution is -0.145. The lowest BCUT2D eigenvalue weighted by Crippen LogP contribution is -2.49. The second kappa shape index (κ2) is 8.81. The molecular weight excluding hydrogens is 328 g/mol. The first kappa shape index (κ1) is 19.9. The summed E-state index contributed by atoms with van der Waals surface area (Å²) in [5, 5.41) is 2.16. The SMILES string of the molecule is CCC(C)C(N)C(=O)N(CCc1cccc2ccc(OC)cc12)C(C)=O. The third-order valence-corrected chi connectivity index (χ3v) is 4.97. The number of nitrogens with two attached hydrogens (primary N) is 1. The molecule has 0 aliphatic carbocycles. The van der Waals surface area contributed by atoms with Gasteiger partial charge in [-0.3, -0.25) is 14.5 Å². The molecule has 2 atom stereocenters. The van der Waals surface area contributed by atoms with Crippen molar-refractivity contribution in [3.05, 3.63) is 42.0 Å². The minimum atomic E-state index is -0.656. The topological polar surface area (TPSA) is 72.6 Å². The van der Waals surface area contributed by atoms with E-state index in [4.69, 9.17) is 10.5 Å². The minimum Gasteiger partial charge on any atom is -0.497 e. The summed E-state index contributed by atoms with van der Waals surface area (Å²) in [6, 6.07) is 11.3. The van der Waals surface area contributed by atoms with Gasteiger partial charge in [-0.25, -0.2) is 0 Å². The number of ether oxygens (including phenoxy) is 1. The van der Waals surface area contributed by atoms with E-state index < -0.39 is 6.04 Å². The Morgan fingerprint density at radius 2 is 1.96 bits per heavy atom. The Labute approximate surface area is 155 Å². The van der Waals surface area contributed by atoms with Crippen LogP contribution < -0.4 is 10.5 Å². The zero-order chi connectivity index (χ0) is 19.3. The highest BCUT2D eigenvalue weighted by atomic mass is 16.5.